The van der Waals surface area contributed by atoms with E-state index in [-0.39, 0.29) is 32.2 Å². The molecule has 0 aromatic rings. The maximum atomic E-state index is 13.0. The van der Waals surface area contributed by atoms with Crippen molar-refractivity contribution in [3.8, 4) is 0 Å². The number of ether oxygens (including phenoxy) is 4. The summed E-state index contributed by atoms with van der Waals surface area (Å²) in [6, 6.07) is 0. The van der Waals surface area contributed by atoms with Crippen LogP contribution in [0, 0.1) is 0 Å². The van der Waals surface area contributed by atoms with Gasteiger partial charge in [0.25, 0.3) is 0 Å². The van der Waals surface area contributed by atoms with Crippen LogP contribution in [0.1, 0.15) is 438 Å². The molecule has 0 aromatic heterocycles. The van der Waals surface area contributed by atoms with Gasteiger partial charge in [0.2, 0.25) is 0 Å². The Morgan fingerprint density at radius 3 is 0.876 bits per heavy atom. The summed E-state index contributed by atoms with van der Waals surface area (Å²) in [6.07, 6.45) is 101. The van der Waals surface area contributed by atoms with Crippen LogP contribution in [0.15, 0.2) is 48.6 Å². The molecule has 2 atom stereocenters. The van der Waals surface area contributed by atoms with E-state index in [4.69, 9.17) is 18.9 Å². The summed E-state index contributed by atoms with van der Waals surface area (Å²) in [6.45, 7) is 4.72. The van der Waals surface area contributed by atoms with Crippen molar-refractivity contribution < 1.29 is 42.9 Å². The number of unbranched alkanes of at least 4 members (excludes halogenated alkanes) is 58. The molecule has 0 aromatic carbocycles. The van der Waals surface area contributed by atoms with Crippen molar-refractivity contribution in [2.24, 2.45) is 0 Å². The summed E-state index contributed by atoms with van der Waals surface area (Å²) in [4.78, 5) is 37.7. The van der Waals surface area contributed by atoms with E-state index in [0.29, 0.717) is 17.4 Å². The Balaban J connectivity index is 3.92. The lowest BCUT2D eigenvalue weighted by molar-refractivity contribution is -0.870. The molecule has 0 heterocycles. The third-order valence-corrected chi connectivity index (χ3v) is 19.6. The number of quaternary nitrogens is 1. The van der Waals surface area contributed by atoms with Gasteiger partial charge >= 0.3 is 11.9 Å². The van der Waals surface area contributed by atoms with Crippen LogP contribution in [-0.2, 0) is 33.3 Å². The van der Waals surface area contributed by atoms with E-state index in [9.17, 15) is 19.5 Å². The third kappa shape index (κ3) is 80.4. The van der Waals surface area contributed by atoms with Gasteiger partial charge in [-0.1, -0.05) is 422 Å². The second-order valence-electron chi connectivity index (χ2n) is 30.5. The number of rotatable bonds is 81. The van der Waals surface area contributed by atoms with Gasteiger partial charge in [-0.15, -0.1) is 0 Å². The van der Waals surface area contributed by atoms with Crippen molar-refractivity contribution in [2.75, 3.05) is 47.5 Å². The highest BCUT2D eigenvalue weighted by atomic mass is 16.7. The zero-order valence-corrected chi connectivity index (χ0v) is 65.5. The number of nitrogens with zero attached hydrogens (tertiary/aromatic N) is 1. The second-order valence-corrected chi connectivity index (χ2v) is 30.5. The van der Waals surface area contributed by atoms with E-state index in [2.05, 4.69) is 62.5 Å². The number of likely N-dealkylation sites (N-methyl/N-ethyl adjacent to an activating group) is 1. The molecular formula is C88H165NO8. The molecule has 97 heavy (non-hydrogen) atoms. The lowest BCUT2D eigenvalue weighted by Crippen LogP contribution is -2.44. The average molecular weight is 1370 g/mol. The minimum absolute atomic E-state index is 0.151. The molecule has 0 spiro atoms. The van der Waals surface area contributed by atoms with Crippen LogP contribution < -0.4 is 5.11 Å². The van der Waals surface area contributed by atoms with E-state index < -0.39 is 24.3 Å². The summed E-state index contributed by atoms with van der Waals surface area (Å²) < 4.78 is 22.9. The van der Waals surface area contributed by atoms with Crippen molar-refractivity contribution in [3.05, 3.63) is 48.6 Å². The molecule has 0 fully saturated rings. The maximum absolute atomic E-state index is 13.0. The SMILES string of the molecule is CC/C=C\C/C=C\C/C=C\C/C=C\CCCCCCCCCCCCCCCCCCCCCCCCC(=O)OC(COC(=O)CCCCCCCCCCCCCCCCCCCCCCCCCCCCCCCCCCCCCCC)COC(OCC[N+](C)(C)C)C(=O)[O-]. The lowest BCUT2D eigenvalue weighted by Gasteiger charge is -2.26. The summed E-state index contributed by atoms with van der Waals surface area (Å²) in [5.74, 6) is -2.25. The molecule has 9 heteroatoms. The van der Waals surface area contributed by atoms with Crippen LogP contribution in [-0.4, -0.2) is 82.3 Å². The minimum Gasteiger partial charge on any atom is -0.545 e. The number of aliphatic carboxylic acids is 1. The smallest absolute Gasteiger partial charge is 0.306 e. The van der Waals surface area contributed by atoms with Crippen molar-refractivity contribution in [1.82, 2.24) is 0 Å². The topological polar surface area (TPSA) is 111 Å². The molecular weight excluding hydrogens is 1200 g/mol. The predicted molar refractivity (Wildman–Crippen MR) is 417 cm³/mol. The number of esters is 2. The van der Waals surface area contributed by atoms with Crippen LogP contribution in [0.3, 0.4) is 0 Å². The Bertz CT molecular complexity index is 1730. The number of carboxylic acid groups (broad SMARTS) is 1. The van der Waals surface area contributed by atoms with E-state index in [1.807, 2.05) is 21.1 Å². The quantitative estimate of drug-likeness (QED) is 0.0195. The fraction of sp³-hybridized carbons (Fsp3) is 0.875. The highest BCUT2D eigenvalue weighted by Gasteiger charge is 2.22. The van der Waals surface area contributed by atoms with Gasteiger partial charge in [0.1, 0.15) is 13.2 Å². The first kappa shape index (κ1) is 94.2. The van der Waals surface area contributed by atoms with Crippen LogP contribution in [0.25, 0.3) is 0 Å². The van der Waals surface area contributed by atoms with Gasteiger partial charge in [-0.2, -0.15) is 0 Å². The van der Waals surface area contributed by atoms with Crippen molar-refractivity contribution >= 4 is 17.9 Å². The zero-order valence-electron chi connectivity index (χ0n) is 65.5. The minimum atomic E-state index is -1.62. The van der Waals surface area contributed by atoms with Crippen molar-refractivity contribution in [3.63, 3.8) is 0 Å². The van der Waals surface area contributed by atoms with Crippen LogP contribution >= 0.6 is 0 Å². The molecule has 0 rings (SSSR count). The van der Waals surface area contributed by atoms with Gasteiger partial charge in [-0.25, -0.2) is 0 Å². The molecule has 0 amide bonds. The standard InChI is InChI=1S/C88H165NO8/c1-6-8-10-12-14-16-18-20-22-24-26-28-30-32-34-36-38-40-42-43-45-46-48-50-52-54-56-58-60-62-64-66-68-70-72-74-76-78-85(90)95-82-84(83-96-88(87(92)93)94-81-80-89(3,4)5)97-86(91)79-77-75-73-71-69-67-65-63-61-59-57-55-53-51-49-47-44-41-39-37-35-33-31-29-27-25-23-21-19-17-15-13-11-9-7-2/h9,11,15,17,21,23,27,29,84,88H,6-8,10,12-14,16,18-20,22,24-26,28,30-83H2,1-5H3/b11-9-,17-15-,23-21-,29-27-. The van der Waals surface area contributed by atoms with Crippen LogP contribution in [0.4, 0.5) is 0 Å². The first-order valence-corrected chi connectivity index (χ1v) is 42.8. The molecule has 2 unspecified atom stereocenters. The molecule has 0 saturated heterocycles. The van der Waals surface area contributed by atoms with Crippen LogP contribution in [0.2, 0.25) is 0 Å². The normalized spacial score (nSPS) is 12.8. The first-order chi connectivity index (χ1) is 47.6. The zero-order chi connectivity index (χ0) is 70.4. The molecule has 0 aliphatic carbocycles. The number of hydrogen-bond acceptors (Lipinski definition) is 8. The lowest BCUT2D eigenvalue weighted by atomic mass is 10.0. The van der Waals surface area contributed by atoms with Gasteiger partial charge in [0.05, 0.1) is 40.3 Å². The predicted octanol–water partition coefficient (Wildman–Crippen LogP) is 26.3. The van der Waals surface area contributed by atoms with Gasteiger partial charge in [0.15, 0.2) is 12.4 Å². The van der Waals surface area contributed by atoms with E-state index in [1.165, 1.54) is 347 Å². The third-order valence-electron chi connectivity index (χ3n) is 19.6. The van der Waals surface area contributed by atoms with Crippen molar-refractivity contribution in [2.45, 2.75) is 450 Å². The van der Waals surface area contributed by atoms with Gasteiger partial charge in [0, 0.05) is 12.8 Å². The molecule has 570 valence electrons. The Hall–Kier alpha value is -2.75. The Morgan fingerprint density at radius 1 is 0.320 bits per heavy atom. The monoisotopic (exact) mass is 1360 g/mol. The molecule has 0 N–H and O–H groups in total. The average Bonchev–Trinajstić information content (AvgIpc) is 3.74. The number of carbonyl (C=O) groups is 3. The number of hydrogen-bond donors (Lipinski definition) is 0. The first-order valence-electron chi connectivity index (χ1n) is 42.8. The number of carboxylic acids is 1. The Morgan fingerprint density at radius 2 is 0.588 bits per heavy atom. The molecule has 0 bridgehead atoms. The number of allylic oxidation sites excluding steroid dienone is 8. The fourth-order valence-electron chi connectivity index (χ4n) is 13.1. The summed E-state index contributed by atoms with van der Waals surface area (Å²) >= 11 is 0. The highest BCUT2D eigenvalue weighted by Crippen LogP contribution is 2.21. The van der Waals surface area contributed by atoms with Crippen molar-refractivity contribution in [1.29, 1.82) is 0 Å². The second kappa shape index (κ2) is 79.0. The van der Waals surface area contributed by atoms with Gasteiger partial charge < -0.3 is 33.3 Å². The Kier molecular flexibility index (Phi) is 76.7. The van der Waals surface area contributed by atoms with Gasteiger partial charge in [-0.05, 0) is 51.4 Å². The van der Waals surface area contributed by atoms with Gasteiger partial charge in [-0.3, -0.25) is 9.59 Å². The van der Waals surface area contributed by atoms with E-state index in [0.717, 1.165) is 64.2 Å². The molecule has 9 nitrogen and oxygen atoms in total. The molecule has 0 aliphatic rings. The van der Waals surface area contributed by atoms with E-state index in [1.54, 1.807) is 0 Å². The highest BCUT2D eigenvalue weighted by molar-refractivity contribution is 5.70. The molecule has 0 saturated carbocycles. The van der Waals surface area contributed by atoms with E-state index >= 15 is 0 Å². The largest absolute Gasteiger partial charge is 0.545 e. The Labute approximate surface area is 603 Å². The summed E-state index contributed by atoms with van der Waals surface area (Å²) in [5.41, 5.74) is 0. The van der Waals surface area contributed by atoms with Crippen LogP contribution in [0.5, 0.6) is 0 Å². The fourth-order valence-corrected chi connectivity index (χ4v) is 13.1. The summed E-state index contributed by atoms with van der Waals surface area (Å²) in [5, 5.41) is 11.9. The molecule has 0 aliphatic heterocycles. The maximum Gasteiger partial charge on any atom is 0.306 e. The summed E-state index contributed by atoms with van der Waals surface area (Å²) in [7, 11) is 5.96. The molecule has 0 radical (unpaired) electrons. The number of carbonyl (C=O) groups excluding carboxylic acids is 3.